The molecule has 0 unspecified atom stereocenters. The van der Waals surface area contributed by atoms with Gasteiger partial charge in [-0.3, -0.25) is 4.57 Å². The summed E-state index contributed by atoms with van der Waals surface area (Å²) in [4.78, 5) is 17.8. The first-order valence-corrected chi connectivity index (χ1v) is 6.20. The van der Waals surface area contributed by atoms with Crippen LogP contribution in [0.25, 0.3) is 0 Å². The van der Waals surface area contributed by atoms with Gasteiger partial charge in [0.05, 0.1) is 0 Å². The van der Waals surface area contributed by atoms with Gasteiger partial charge in [-0.1, -0.05) is 13.8 Å². The highest BCUT2D eigenvalue weighted by atomic mass is 16.2. The van der Waals surface area contributed by atoms with Gasteiger partial charge in [0.1, 0.15) is 6.33 Å². The third kappa shape index (κ3) is 3.06. The van der Waals surface area contributed by atoms with Crippen molar-refractivity contribution in [2.75, 3.05) is 13.1 Å². The molecular weight excluding hydrogens is 216 g/mol. The fourth-order valence-corrected chi connectivity index (χ4v) is 2.24. The molecule has 0 bridgehead atoms. The molecule has 94 valence electrons. The first kappa shape index (κ1) is 12.1. The monoisotopic (exact) mass is 236 g/mol. The molecule has 5 heteroatoms. The van der Waals surface area contributed by atoms with Gasteiger partial charge in [-0.2, -0.15) is 0 Å². The summed E-state index contributed by atoms with van der Waals surface area (Å²) in [6.07, 6.45) is 6.93. The Hall–Kier alpha value is -1.36. The van der Waals surface area contributed by atoms with E-state index in [0.717, 1.165) is 25.9 Å². The smallest absolute Gasteiger partial charge is 0.324 e. The normalized spacial score (nSPS) is 17.7. The first-order valence-electron chi connectivity index (χ1n) is 6.20. The van der Waals surface area contributed by atoms with Crippen molar-refractivity contribution >= 4 is 6.03 Å². The molecule has 1 saturated heterocycles. The van der Waals surface area contributed by atoms with Gasteiger partial charge in [0.15, 0.2) is 0 Å². The zero-order valence-corrected chi connectivity index (χ0v) is 10.5. The first-order chi connectivity index (χ1) is 8.16. The Morgan fingerprint density at radius 3 is 2.65 bits per heavy atom. The molecule has 1 aliphatic rings. The number of rotatable bonds is 2. The van der Waals surface area contributed by atoms with Crippen LogP contribution in [0.15, 0.2) is 18.7 Å². The van der Waals surface area contributed by atoms with Gasteiger partial charge < -0.3 is 10.2 Å². The van der Waals surface area contributed by atoms with Crippen molar-refractivity contribution < 1.29 is 4.79 Å². The highest BCUT2D eigenvalue weighted by Crippen LogP contribution is 2.12. The van der Waals surface area contributed by atoms with E-state index in [1.165, 1.54) is 4.57 Å². The van der Waals surface area contributed by atoms with Gasteiger partial charge in [0.2, 0.25) is 0 Å². The Morgan fingerprint density at radius 2 is 2.12 bits per heavy atom. The molecular formula is C12H20N4O. The van der Waals surface area contributed by atoms with E-state index in [0.29, 0.717) is 12.1 Å². The van der Waals surface area contributed by atoms with Crippen molar-refractivity contribution in [3.63, 3.8) is 0 Å². The lowest BCUT2D eigenvalue weighted by molar-refractivity contribution is 0.176. The van der Waals surface area contributed by atoms with Crippen LogP contribution in [-0.2, 0) is 0 Å². The standard InChI is InChI=1S/C12H20N4O/c1-10(2)14-11-3-6-15(7-4-11)12(17)16-8-5-13-9-16/h5,8-11,14H,3-4,6-7H2,1-2H3. The molecule has 0 aliphatic carbocycles. The van der Waals surface area contributed by atoms with Crippen molar-refractivity contribution in [3.8, 4) is 0 Å². The van der Waals surface area contributed by atoms with Gasteiger partial charge in [-0.05, 0) is 12.8 Å². The van der Waals surface area contributed by atoms with E-state index in [1.54, 1.807) is 18.7 Å². The van der Waals surface area contributed by atoms with E-state index in [1.807, 2.05) is 4.90 Å². The van der Waals surface area contributed by atoms with Crippen LogP contribution >= 0.6 is 0 Å². The molecule has 0 saturated carbocycles. The van der Waals surface area contributed by atoms with Crippen molar-refractivity contribution in [1.29, 1.82) is 0 Å². The number of hydrogen-bond donors (Lipinski definition) is 1. The van der Waals surface area contributed by atoms with Crippen LogP contribution in [-0.4, -0.2) is 45.7 Å². The third-order valence-electron chi connectivity index (χ3n) is 3.06. The van der Waals surface area contributed by atoms with Crippen molar-refractivity contribution in [2.45, 2.75) is 38.8 Å². The lowest BCUT2D eigenvalue weighted by atomic mass is 10.0. The zero-order valence-electron chi connectivity index (χ0n) is 10.5. The largest absolute Gasteiger partial charge is 0.329 e. The van der Waals surface area contributed by atoms with E-state index >= 15 is 0 Å². The average molecular weight is 236 g/mol. The molecule has 17 heavy (non-hydrogen) atoms. The van der Waals surface area contributed by atoms with Crippen LogP contribution in [0.1, 0.15) is 26.7 Å². The van der Waals surface area contributed by atoms with Crippen LogP contribution in [0, 0.1) is 0 Å². The minimum absolute atomic E-state index is 0.0329. The predicted octanol–water partition coefficient (Wildman–Crippen LogP) is 1.31. The number of imidazole rings is 1. The summed E-state index contributed by atoms with van der Waals surface area (Å²) < 4.78 is 1.54. The highest BCUT2D eigenvalue weighted by molar-refractivity contribution is 5.76. The average Bonchev–Trinajstić information content (AvgIpc) is 2.82. The molecule has 0 radical (unpaired) electrons. The minimum Gasteiger partial charge on any atom is -0.324 e. The van der Waals surface area contributed by atoms with Crippen LogP contribution in [0.4, 0.5) is 4.79 Å². The number of amides is 1. The molecule has 1 aromatic rings. The number of piperidine rings is 1. The number of aromatic nitrogens is 2. The zero-order chi connectivity index (χ0) is 12.3. The Morgan fingerprint density at radius 1 is 1.41 bits per heavy atom. The molecule has 0 aromatic carbocycles. The second kappa shape index (κ2) is 5.31. The summed E-state index contributed by atoms with van der Waals surface area (Å²) in [5, 5.41) is 3.52. The molecule has 1 amide bonds. The van der Waals surface area contributed by atoms with E-state index in [-0.39, 0.29) is 6.03 Å². The number of nitrogens with one attached hydrogen (secondary N) is 1. The topological polar surface area (TPSA) is 50.2 Å². The molecule has 5 nitrogen and oxygen atoms in total. The molecule has 0 atom stereocenters. The number of carbonyl (C=O) groups excluding carboxylic acids is 1. The number of hydrogen-bond acceptors (Lipinski definition) is 3. The minimum atomic E-state index is 0.0329. The Labute approximate surface area is 102 Å². The van der Waals surface area contributed by atoms with Crippen LogP contribution in [0.3, 0.4) is 0 Å². The van der Waals surface area contributed by atoms with Crippen molar-refractivity contribution in [2.24, 2.45) is 0 Å². The quantitative estimate of drug-likeness (QED) is 0.842. The fourth-order valence-electron chi connectivity index (χ4n) is 2.24. The van der Waals surface area contributed by atoms with Gasteiger partial charge in [-0.15, -0.1) is 0 Å². The van der Waals surface area contributed by atoms with Crippen LogP contribution in [0.5, 0.6) is 0 Å². The summed E-state index contributed by atoms with van der Waals surface area (Å²) >= 11 is 0. The SMILES string of the molecule is CC(C)NC1CCN(C(=O)n2ccnc2)CC1. The molecule has 2 rings (SSSR count). The maximum atomic E-state index is 12.0. The maximum Gasteiger partial charge on any atom is 0.329 e. The van der Waals surface area contributed by atoms with E-state index in [2.05, 4.69) is 24.1 Å². The lowest BCUT2D eigenvalue weighted by Gasteiger charge is -2.33. The fraction of sp³-hybridized carbons (Fsp3) is 0.667. The van der Waals surface area contributed by atoms with Crippen LogP contribution < -0.4 is 5.32 Å². The summed E-state index contributed by atoms with van der Waals surface area (Å²) in [6, 6.07) is 1.09. The Kier molecular flexibility index (Phi) is 3.78. The second-order valence-electron chi connectivity index (χ2n) is 4.84. The molecule has 2 heterocycles. The maximum absolute atomic E-state index is 12.0. The molecule has 1 N–H and O–H groups in total. The lowest BCUT2D eigenvalue weighted by Crippen LogP contribution is -2.47. The van der Waals surface area contributed by atoms with Gasteiger partial charge >= 0.3 is 6.03 Å². The van der Waals surface area contributed by atoms with E-state index in [9.17, 15) is 4.79 Å². The summed E-state index contributed by atoms with van der Waals surface area (Å²) in [5.74, 6) is 0. The Bertz CT molecular complexity index is 353. The summed E-state index contributed by atoms with van der Waals surface area (Å²) in [7, 11) is 0. The highest BCUT2D eigenvalue weighted by Gasteiger charge is 2.23. The third-order valence-corrected chi connectivity index (χ3v) is 3.06. The number of nitrogens with zero attached hydrogens (tertiary/aromatic N) is 3. The number of likely N-dealkylation sites (tertiary alicyclic amines) is 1. The summed E-state index contributed by atoms with van der Waals surface area (Å²) in [6.45, 7) is 5.95. The van der Waals surface area contributed by atoms with Gasteiger partial charge in [0.25, 0.3) is 0 Å². The summed E-state index contributed by atoms with van der Waals surface area (Å²) in [5.41, 5.74) is 0. The van der Waals surface area contributed by atoms with E-state index in [4.69, 9.17) is 0 Å². The number of carbonyl (C=O) groups is 1. The predicted molar refractivity (Wildman–Crippen MR) is 65.9 cm³/mol. The van der Waals surface area contributed by atoms with Gasteiger partial charge in [0, 0.05) is 37.6 Å². The van der Waals surface area contributed by atoms with Crippen LogP contribution in [0.2, 0.25) is 0 Å². The molecule has 1 fully saturated rings. The van der Waals surface area contributed by atoms with Crippen molar-refractivity contribution in [1.82, 2.24) is 19.8 Å². The molecule has 1 aliphatic heterocycles. The van der Waals surface area contributed by atoms with Crippen molar-refractivity contribution in [3.05, 3.63) is 18.7 Å². The Balaban J connectivity index is 1.85. The van der Waals surface area contributed by atoms with E-state index < -0.39 is 0 Å². The van der Waals surface area contributed by atoms with Gasteiger partial charge in [-0.25, -0.2) is 9.78 Å². The second-order valence-corrected chi connectivity index (χ2v) is 4.84. The molecule has 0 spiro atoms. The molecule has 1 aromatic heterocycles.